The molecule has 1 amide bonds. The first-order valence-corrected chi connectivity index (χ1v) is 12.1. The lowest BCUT2D eigenvalue weighted by molar-refractivity contribution is -0.122. The summed E-state index contributed by atoms with van der Waals surface area (Å²) < 4.78 is 39.7. The average Bonchev–Trinajstić information content (AvgIpc) is 3.15. The number of anilines is 1. The van der Waals surface area contributed by atoms with Crippen molar-refractivity contribution in [2.24, 2.45) is 4.99 Å². The Morgan fingerprint density at radius 2 is 1.83 bits per heavy atom. The highest BCUT2D eigenvalue weighted by molar-refractivity contribution is 8.18. The number of hydrogen-bond donors (Lipinski definition) is 0. The van der Waals surface area contributed by atoms with Gasteiger partial charge in [0.1, 0.15) is 5.75 Å². The second kappa shape index (κ2) is 12.1. The van der Waals surface area contributed by atoms with E-state index in [0.29, 0.717) is 35.2 Å². The molecule has 2 aromatic carbocycles. The lowest BCUT2D eigenvalue weighted by Gasteiger charge is -2.28. The normalized spacial score (nSPS) is 18.8. The fourth-order valence-electron chi connectivity index (χ4n) is 3.72. The molecule has 0 saturated carbocycles. The van der Waals surface area contributed by atoms with Crippen LogP contribution in [0.25, 0.3) is 6.08 Å². The Balaban J connectivity index is 1.53. The highest BCUT2D eigenvalue weighted by Crippen LogP contribution is 2.35. The maximum Gasteiger partial charge on any atom is 0.387 e. The van der Waals surface area contributed by atoms with Crippen LogP contribution in [0, 0.1) is 0 Å². The monoisotopic (exact) mass is 503 g/mol. The van der Waals surface area contributed by atoms with Crippen LogP contribution < -0.4 is 9.64 Å². The van der Waals surface area contributed by atoms with Crippen LogP contribution in [0.5, 0.6) is 5.75 Å². The predicted octanol–water partition coefficient (Wildman–Crippen LogP) is 4.77. The van der Waals surface area contributed by atoms with Crippen molar-refractivity contribution >= 4 is 40.3 Å². The number of benzene rings is 2. The molecule has 2 aromatic rings. The van der Waals surface area contributed by atoms with E-state index in [9.17, 15) is 13.6 Å². The zero-order valence-corrected chi connectivity index (χ0v) is 20.2. The van der Waals surface area contributed by atoms with Gasteiger partial charge >= 0.3 is 6.61 Å². The lowest BCUT2D eigenvalue weighted by atomic mass is 10.2. The van der Waals surface area contributed by atoms with Crippen molar-refractivity contribution in [2.45, 2.75) is 13.0 Å². The van der Waals surface area contributed by atoms with E-state index in [1.54, 1.807) is 30.2 Å². The lowest BCUT2D eigenvalue weighted by Crippen LogP contribution is -2.36. The molecule has 0 bridgehead atoms. The molecule has 0 unspecified atom stereocenters. The SMILES string of the molecule is COCCCN1C(=O)/C(=C/c2ccc(OC(F)F)cc2)SC1=Nc1ccc(N2CCOCC2)cc1. The number of ether oxygens (including phenoxy) is 3. The van der Waals surface area contributed by atoms with Gasteiger partial charge in [-0.2, -0.15) is 8.78 Å². The van der Waals surface area contributed by atoms with E-state index in [2.05, 4.69) is 9.64 Å². The maximum absolute atomic E-state index is 13.2. The molecule has 0 spiro atoms. The molecule has 7 nitrogen and oxygen atoms in total. The zero-order chi connectivity index (χ0) is 24.6. The molecule has 186 valence electrons. The second-order valence-electron chi connectivity index (χ2n) is 7.87. The molecule has 10 heteroatoms. The Hall–Kier alpha value is -2.95. The number of halogens is 2. The smallest absolute Gasteiger partial charge is 0.387 e. The zero-order valence-electron chi connectivity index (χ0n) is 19.4. The maximum atomic E-state index is 13.2. The summed E-state index contributed by atoms with van der Waals surface area (Å²) in [6.45, 7) is 1.27. The number of rotatable bonds is 9. The van der Waals surface area contributed by atoms with Crippen molar-refractivity contribution < 1.29 is 27.8 Å². The van der Waals surface area contributed by atoms with Gasteiger partial charge in [-0.05, 0) is 66.2 Å². The Morgan fingerprint density at radius 3 is 2.49 bits per heavy atom. The number of morpholine rings is 1. The van der Waals surface area contributed by atoms with Crippen molar-refractivity contribution in [3.05, 3.63) is 59.0 Å². The highest BCUT2D eigenvalue weighted by atomic mass is 32.2. The second-order valence-corrected chi connectivity index (χ2v) is 8.88. The molecule has 2 aliphatic rings. The third kappa shape index (κ3) is 6.81. The molecule has 35 heavy (non-hydrogen) atoms. The van der Waals surface area contributed by atoms with E-state index in [-0.39, 0.29) is 11.7 Å². The molecular formula is C25H27F2N3O4S. The first-order chi connectivity index (χ1) is 17.0. The van der Waals surface area contributed by atoms with Gasteiger partial charge in [-0.25, -0.2) is 4.99 Å². The predicted molar refractivity (Wildman–Crippen MR) is 133 cm³/mol. The Labute approximate surface area is 207 Å². The molecular weight excluding hydrogens is 476 g/mol. The minimum absolute atomic E-state index is 0.0662. The van der Waals surface area contributed by atoms with E-state index in [1.807, 2.05) is 24.3 Å². The van der Waals surface area contributed by atoms with Gasteiger partial charge in [0.2, 0.25) is 0 Å². The van der Waals surface area contributed by atoms with Gasteiger partial charge in [0.15, 0.2) is 5.17 Å². The first kappa shape index (κ1) is 25.2. The summed E-state index contributed by atoms with van der Waals surface area (Å²) >= 11 is 1.29. The number of aliphatic imine (C=N–C) groups is 1. The van der Waals surface area contributed by atoms with Crippen LogP contribution in [0.15, 0.2) is 58.4 Å². The summed E-state index contributed by atoms with van der Waals surface area (Å²) in [4.78, 5) is 22.3. The summed E-state index contributed by atoms with van der Waals surface area (Å²) in [5.41, 5.74) is 2.57. The van der Waals surface area contributed by atoms with Gasteiger partial charge < -0.3 is 19.1 Å². The van der Waals surface area contributed by atoms with E-state index >= 15 is 0 Å². The van der Waals surface area contributed by atoms with E-state index in [4.69, 9.17) is 14.5 Å². The summed E-state index contributed by atoms with van der Waals surface area (Å²) in [5, 5.41) is 0.592. The quantitative estimate of drug-likeness (QED) is 0.363. The minimum atomic E-state index is -2.88. The van der Waals surface area contributed by atoms with Crippen LogP contribution in [0.2, 0.25) is 0 Å². The standard InChI is InChI=1S/C25H27F2N3O4S/c1-32-14-2-11-30-23(31)22(17-18-3-9-21(10-4-18)34-24(26)27)35-25(30)28-19-5-7-20(8-6-19)29-12-15-33-16-13-29/h3-10,17,24H,2,11-16H2,1H3/b22-17-,28-25?. The molecule has 2 saturated heterocycles. The highest BCUT2D eigenvalue weighted by Gasteiger charge is 2.33. The Kier molecular flexibility index (Phi) is 8.73. The number of amides is 1. The molecule has 2 aliphatic heterocycles. The van der Waals surface area contributed by atoms with Gasteiger partial charge in [-0.3, -0.25) is 9.69 Å². The summed E-state index contributed by atoms with van der Waals surface area (Å²) in [6.07, 6.45) is 2.40. The van der Waals surface area contributed by atoms with Gasteiger partial charge in [0.25, 0.3) is 5.91 Å². The van der Waals surface area contributed by atoms with Crippen molar-refractivity contribution in [1.29, 1.82) is 0 Å². The molecule has 0 radical (unpaired) electrons. The number of amidine groups is 1. The number of hydrogen-bond acceptors (Lipinski definition) is 7. The van der Waals surface area contributed by atoms with Gasteiger partial charge in [0.05, 0.1) is 23.8 Å². The van der Waals surface area contributed by atoms with E-state index < -0.39 is 6.61 Å². The number of nitrogens with zero attached hydrogens (tertiary/aromatic N) is 3. The van der Waals surface area contributed by atoms with Crippen LogP contribution in [0.1, 0.15) is 12.0 Å². The number of alkyl halides is 2. The molecule has 0 atom stereocenters. The molecule has 4 rings (SSSR count). The first-order valence-electron chi connectivity index (χ1n) is 11.3. The summed E-state index contributed by atoms with van der Waals surface area (Å²) in [5.74, 6) is -0.0841. The fraction of sp³-hybridized carbons (Fsp3) is 0.360. The number of carbonyl (C=O) groups excluding carboxylic acids is 1. The van der Waals surface area contributed by atoms with Crippen LogP contribution >= 0.6 is 11.8 Å². The molecule has 0 N–H and O–H groups in total. The van der Waals surface area contributed by atoms with Crippen LogP contribution in [0.4, 0.5) is 20.2 Å². The van der Waals surface area contributed by atoms with Crippen molar-refractivity contribution in [2.75, 3.05) is 51.5 Å². The third-order valence-electron chi connectivity index (χ3n) is 5.47. The fourth-order valence-corrected chi connectivity index (χ4v) is 4.75. The van der Waals surface area contributed by atoms with Crippen molar-refractivity contribution in [3.63, 3.8) is 0 Å². The van der Waals surface area contributed by atoms with Crippen LogP contribution in [0.3, 0.4) is 0 Å². The van der Waals surface area contributed by atoms with Crippen LogP contribution in [-0.4, -0.2) is 69.2 Å². The Bertz CT molecular complexity index is 1060. The summed E-state index contributed by atoms with van der Waals surface area (Å²) in [6, 6.07) is 14.1. The Morgan fingerprint density at radius 1 is 1.11 bits per heavy atom. The minimum Gasteiger partial charge on any atom is -0.435 e. The molecule has 2 heterocycles. The average molecular weight is 504 g/mol. The van der Waals surface area contributed by atoms with Crippen molar-refractivity contribution in [3.8, 4) is 5.75 Å². The number of carbonyl (C=O) groups is 1. The topological polar surface area (TPSA) is 63.6 Å². The molecule has 2 fully saturated rings. The number of methoxy groups -OCH3 is 1. The summed E-state index contributed by atoms with van der Waals surface area (Å²) in [7, 11) is 1.62. The van der Waals surface area contributed by atoms with E-state index in [0.717, 1.165) is 37.7 Å². The number of thioether (sulfide) groups is 1. The van der Waals surface area contributed by atoms with Gasteiger partial charge in [-0.15, -0.1) is 0 Å². The largest absolute Gasteiger partial charge is 0.435 e. The molecule has 0 aliphatic carbocycles. The van der Waals surface area contributed by atoms with Gasteiger partial charge in [-0.1, -0.05) is 12.1 Å². The van der Waals surface area contributed by atoms with Crippen LogP contribution in [-0.2, 0) is 14.3 Å². The third-order valence-corrected chi connectivity index (χ3v) is 6.48. The van der Waals surface area contributed by atoms with E-state index in [1.165, 1.54) is 23.9 Å². The van der Waals surface area contributed by atoms with Crippen molar-refractivity contribution in [1.82, 2.24) is 4.90 Å². The molecule has 0 aromatic heterocycles. The van der Waals surface area contributed by atoms with Gasteiger partial charge in [0, 0.05) is 39.0 Å².